The van der Waals surface area contributed by atoms with Crippen LogP contribution in [0, 0.1) is 29.0 Å². The summed E-state index contributed by atoms with van der Waals surface area (Å²) in [4.78, 5) is 26.9. The Morgan fingerprint density at radius 2 is 1.97 bits per heavy atom. The fraction of sp³-hybridized carbons (Fsp3) is 0.560. The van der Waals surface area contributed by atoms with E-state index in [0.717, 1.165) is 24.0 Å². The summed E-state index contributed by atoms with van der Waals surface area (Å²) in [5, 5.41) is 18.3. The predicted molar refractivity (Wildman–Crippen MR) is 120 cm³/mol. The molecule has 0 saturated carbocycles. The molecule has 4 rings (SSSR count). The Bertz CT molecular complexity index is 965. The summed E-state index contributed by atoms with van der Waals surface area (Å²) < 4.78 is 20.4. The molecule has 2 atom stereocenters. The Morgan fingerprint density at radius 1 is 1.18 bits per heavy atom. The van der Waals surface area contributed by atoms with Crippen molar-refractivity contribution in [3.8, 4) is 11.8 Å². The van der Waals surface area contributed by atoms with Crippen LogP contribution >= 0.6 is 0 Å². The molecule has 176 valence electrons. The number of carbonyl (C=O) groups is 2. The van der Waals surface area contributed by atoms with Gasteiger partial charge in [-0.15, -0.1) is 0 Å². The second-order valence-electron chi connectivity index (χ2n) is 9.19. The average molecular weight is 456 g/mol. The van der Waals surface area contributed by atoms with E-state index in [0.29, 0.717) is 58.3 Å². The second kappa shape index (κ2) is 10.2. The normalized spacial score (nSPS) is 23.7. The van der Waals surface area contributed by atoms with Crippen molar-refractivity contribution in [2.45, 2.75) is 51.0 Å². The zero-order valence-electron chi connectivity index (χ0n) is 18.7. The lowest BCUT2D eigenvalue weighted by molar-refractivity contribution is -0.135. The lowest BCUT2D eigenvalue weighted by Crippen LogP contribution is -2.39. The number of allylic oxidation sites excluding steroid dienone is 2. The molecule has 1 aromatic rings. The fourth-order valence-corrected chi connectivity index (χ4v) is 5.04. The largest absolute Gasteiger partial charge is 0.490 e. The lowest BCUT2D eigenvalue weighted by atomic mass is 9.85. The summed E-state index contributed by atoms with van der Waals surface area (Å²) >= 11 is 0. The molecule has 2 heterocycles. The van der Waals surface area contributed by atoms with Crippen molar-refractivity contribution in [3.63, 3.8) is 0 Å². The van der Waals surface area contributed by atoms with Gasteiger partial charge >= 0.3 is 6.09 Å². The molecular weight excluding hydrogens is 425 g/mol. The van der Waals surface area contributed by atoms with Gasteiger partial charge in [-0.3, -0.25) is 4.79 Å². The number of nitrogens with zero attached hydrogens (tertiary/aromatic N) is 3. The van der Waals surface area contributed by atoms with Crippen LogP contribution in [0.4, 0.5) is 9.18 Å². The Balaban J connectivity index is 1.30. The Kier molecular flexibility index (Phi) is 7.17. The number of amides is 2. The molecule has 2 fully saturated rings. The molecule has 0 aromatic heterocycles. The van der Waals surface area contributed by atoms with Gasteiger partial charge in [-0.1, -0.05) is 12.1 Å². The van der Waals surface area contributed by atoms with Crippen LogP contribution in [0.5, 0.6) is 5.75 Å². The van der Waals surface area contributed by atoms with E-state index in [1.54, 1.807) is 11.0 Å². The number of likely N-dealkylation sites (tertiary alicyclic amines) is 2. The molecule has 0 bridgehead atoms. The summed E-state index contributed by atoms with van der Waals surface area (Å²) in [6.45, 7) is 2.00. The van der Waals surface area contributed by atoms with Crippen molar-refractivity contribution < 1.29 is 23.8 Å². The highest BCUT2D eigenvalue weighted by Gasteiger charge is 2.33. The highest BCUT2D eigenvalue weighted by atomic mass is 19.1. The molecule has 0 spiro atoms. The summed E-state index contributed by atoms with van der Waals surface area (Å²) in [7, 11) is 0. The van der Waals surface area contributed by atoms with Crippen LogP contribution < -0.4 is 4.74 Å². The quantitative estimate of drug-likeness (QED) is 0.715. The highest BCUT2D eigenvalue weighted by molar-refractivity contribution is 5.81. The van der Waals surface area contributed by atoms with E-state index in [-0.39, 0.29) is 29.5 Å². The monoisotopic (exact) mass is 455 g/mol. The molecule has 1 aliphatic carbocycles. The van der Waals surface area contributed by atoms with Crippen LogP contribution in [-0.2, 0) is 4.79 Å². The van der Waals surface area contributed by atoms with Gasteiger partial charge in [0.15, 0.2) is 11.6 Å². The average Bonchev–Trinajstić information content (AvgIpc) is 3.32. The lowest BCUT2D eigenvalue weighted by Gasteiger charge is -2.29. The molecule has 1 unspecified atom stereocenters. The third-order valence-corrected chi connectivity index (χ3v) is 7.11. The molecule has 1 N–H and O–H groups in total. The van der Waals surface area contributed by atoms with E-state index in [1.165, 1.54) is 11.0 Å². The third-order valence-electron chi connectivity index (χ3n) is 7.11. The van der Waals surface area contributed by atoms with Crippen LogP contribution in [0.2, 0.25) is 0 Å². The van der Waals surface area contributed by atoms with Gasteiger partial charge < -0.3 is 19.6 Å². The number of carboxylic acid groups (broad SMARTS) is 1. The van der Waals surface area contributed by atoms with Gasteiger partial charge in [0.2, 0.25) is 5.91 Å². The van der Waals surface area contributed by atoms with Gasteiger partial charge in [0.1, 0.15) is 6.04 Å². The van der Waals surface area contributed by atoms with E-state index >= 15 is 0 Å². The molecule has 2 amide bonds. The van der Waals surface area contributed by atoms with Crippen molar-refractivity contribution in [3.05, 3.63) is 35.7 Å². The van der Waals surface area contributed by atoms with E-state index in [4.69, 9.17) is 9.84 Å². The first kappa shape index (κ1) is 23.1. The Labute approximate surface area is 193 Å². The standard InChI is InChI=1S/C25H30FN3O4/c26-22-14-20(7-8-23(22)33-16-17-9-12-28(13-10-17)25(31)32)18-3-5-19(6-4-18)24(30)29-11-1-2-21(29)15-27/h3,7-8,14,17,19,21H,1-2,4-6,9-13,16H2,(H,31,32)/t19?,21-/m0/s1. The van der Waals surface area contributed by atoms with Crippen molar-refractivity contribution in [1.29, 1.82) is 5.26 Å². The molecule has 7 nitrogen and oxygen atoms in total. The van der Waals surface area contributed by atoms with Crippen LogP contribution in [0.1, 0.15) is 50.5 Å². The number of rotatable bonds is 5. The van der Waals surface area contributed by atoms with Crippen molar-refractivity contribution in [1.82, 2.24) is 9.80 Å². The summed E-state index contributed by atoms with van der Waals surface area (Å²) in [6, 6.07) is 6.92. The Morgan fingerprint density at radius 3 is 2.61 bits per heavy atom. The number of hydrogen-bond donors (Lipinski definition) is 1. The van der Waals surface area contributed by atoms with Crippen molar-refractivity contribution in [2.24, 2.45) is 11.8 Å². The van der Waals surface area contributed by atoms with Crippen LogP contribution in [0.15, 0.2) is 24.3 Å². The number of carbonyl (C=O) groups excluding carboxylic acids is 1. The number of nitriles is 1. The molecule has 0 radical (unpaired) electrons. The van der Waals surface area contributed by atoms with E-state index < -0.39 is 11.9 Å². The molecule has 1 aromatic carbocycles. The van der Waals surface area contributed by atoms with Gasteiger partial charge in [0.05, 0.1) is 12.7 Å². The molecular formula is C25H30FN3O4. The first-order chi connectivity index (χ1) is 16.0. The molecule has 2 saturated heterocycles. The number of piperidine rings is 1. The maximum absolute atomic E-state index is 14.7. The van der Waals surface area contributed by atoms with Gasteiger partial charge in [-0.2, -0.15) is 5.26 Å². The zero-order valence-corrected chi connectivity index (χ0v) is 18.7. The molecule has 33 heavy (non-hydrogen) atoms. The molecule has 2 aliphatic heterocycles. The first-order valence-corrected chi connectivity index (χ1v) is 11.8. The van der Waals surface area contributed by atoms with Crippen LogP contribution in [0.3, 0.4) is 0 Å². The van der Waals surface area contributed by atoms with E-state index in [1.807, 2.05) is 12.1 Å². The number of ether oxygens (including phenoxy) is 1. The van der Waals surface area contributed by atoms with E-state index in [9.17, 15) is 19.2 Å². The summed E-state index contributed by atoms with van der Waals surface area (Å²) in [5.74, 6) is -0.0310. The predicted octanol–water partition coefficient (Wildman–Crippen LogP) is 4.29. The minimum atomic E-state index is -0.897. The third kappa shape index (κ3) is 5.29. The fourth-order valence-electron chi connectivity index (χ4n) is 5.04. The van der Waals surface area contributed by atoms with Gasteiger partial charge in [-0.25, -0.2) is 9.18 Å². The number of halogens is 1. The Hall–Kier alpha value is -3.08. The number of benzene rings is 1. The van der Waals surface area contributed by atoms with Crippen LogP contribution in [0.25, 0.3) is 5.57 Å². The number of hydrogen-bond acceptors (Lipinski definition) is 4. The minimum Gasteiger partial charge on any atom is -0.490 e. The summed E-state index contributed by atoms with van der Waals surface area (Å²) in [6.07, 6.45) is 6.20. The molecule has 8 heteroatoms. The SMILES string of the molecule is N#C[C@@H]1CCCN1C(=O)C1CC=C(c2ccc(OCC3CCN(C(=O)O)CC3)c(F)c2)CC1. The van der Waals surface area contributed by atoms with Crippen molar-refractivity contribution in [2.75, 3.05) is 26.2 Å². The van der Waals surface area contributed by atoms with Crippen LogP contribution in [-0.4, -0.2) is 59.2 Å². The first-order valence-electron chi connectivity index (χ1n) is 11.8. The second-order valence-corrected chi connectivity index (χ2v) is 9.19. The highest BCUT2D eigenvalue weighted by Crippen LogP contribution is 2.34. The maximum Gasteiger partial charge on any atom is 0.407 e. The zero-order chi connectivity index (χ0) is 23.4. The minimum absolute atomic E-state index is 0.0680. The van der Waals surface area contributed by atoms with E-state index in [2.05, 4.69) is 6.07 Å². The molecule has 3 aliphatic rings. The maximum atomic E-state index is 14.7. The summed E-state index contributed by atoms with van der Waals surface area (Å²) in [5.41, 5.74) is 1.83. The van der Waals surface area contributed by atoms with Crippen molar-refractivity contribution >= 4 is 17.6 Å². The topological polar surface area (TPSA) is 93.9 Å². The van der Waals surface area contributed by atoms with Gasteiger partial charge in [0, 0.05) is 25.6 Å². The van der Waals surface area contributed by atoms with Gasteiger partial charge in [0.25, 0.3) is 0 Å². The van der Waals surface area contributed by atoms with Gasteiger partial charge in [-0.05, 0) is 74.1 Å². The smallest absolute Gasteiger partial charge is 0.407 e.